The smallest absolute Gasteiger partial charge is 0.126 e. The van der Waals surface area contributed by atoms with Gasteiger partial charge < -0.3 is 0 Å². The van der Waals surface area contributed by atoms with Crippen LogP contribution in [0.3, 0.4) is 0 Å². The minimum absolute atomic E-state index is 0.228. The lowest BCUT2D eigenvalue weighted by molar-refractivity contribution is 0.744. The van der Waals surface area contributed by atoms with Crippen molar-refractivity contribution in [2.45, 2.75) is 5.37 Å². The lowest BCUT2D eigenvalue weighted by atomic mass is 10.2. The van der Waals surface area contributed by atoms with Gasteiger partial charge in [0.1, 0.15) is 10.4 Å². The Bertz CT molecular complexity index is 522. The van der Waals surface area contributed by atoms with Gasteiger partial charge in [-0.05, 0) is 5.56 Å². The average molecular weight is 240 g/mol. The van der Waals surface area contributed by atoms with E-state index in [1.54, 1.807) is 11.8 Å². The first-order valence-electron chi connectivity index (χ1n) is 5.54. The maximum absolute atomic E-state index is 4.39. The number of rotatable bonds is 2. The normalized spacial score (nSPS) is 18.6. The Morgan fingerprint density at radius 2 is 1.53 bits per heavy atom. The molecule has 0 radical (unpaired) electrons. The van der Waals surface area contributed by atoms with E-state index < -0.39 is 0 Å². The van der Waals surface area contributed by atoms with E-state index >= 15 is 0 Å². The van der Waals surface area contributed by atoms with Gasteiger partial charge in [0, 0.05) is 5.56 Å². The molecular weight excluding hydrogens is 228 g/mol. The maximum atomic E-state index is 4.39. The van der Waals surface area contributed by atoms with Crippen molar-refractivity contribution in [1.29, 1.82) is 0 Å². The van der Waals surface area contributed by atoms with Crippen molar-refractivity contribution in [2.24, 2.45) is 5.10 Å². The first kappa shape index (κ1) is 10.4. The summed E-state index contributed by atoms with van der Waals surface area (Å²) in [6.07, 6.45) is 0. The highest BCUT2D eigenvalue weighted by molar-refractivity contribution is 8.14. The molecule has 2 aromatic rings. The molecule has 0 bridgehead atoms. The Kier molecular flexibility index (Phi) is 2.84. The highest BCUT2D eigenvalue weighted by Crippen LogP contribution is 2.33. The van der Waals surface area contributed by atoms with Crippen molar-refractivity contribution in [1.82, 2.24) is 5.43 Å². The number of hydrogen-bond acceptors (Lipinski definition) is 3. The fourth-order valence-corrected chi connectivity index (χ4v) is 2.76. The monoisotopic (exact) mass is 240 g/mol. The third-order valence-corrected chi connectivity index (χ3v) is 3.80. The van der Waals surface area contributed by atoms with Crippen LogP contribution in [0, 0.1) is 0 Å². The van der Waals surface area contributed by atoms with Crippen molar-refractivity contribution >= 4 is 16.8 Å². The predicted octanol–water partition coefficient (Wildman–Crippen LogP) is 3.38. The summed E-state index contributed by atoms with van der Waals surface area (Å²) in [5.74, 6) is 0. The molecule has 1 aliphatic rings. The molecule has 1 aliphatic heterocycles. The quantitative estimate of drug-likeness (QED) is 0.870. The molecule has 0 spiro atoms. The van der Waals surface area contributed by atoms with Crippen LogP contribution in [0.15, 0.2) is 65.8 Å². The van der Waals surface area contributed by atoms with Crippen molar-refractivity contribution in [3.05, 3.63) is 71.8 Å². The predicted molar refractivity (Wildman–Crippen MR) is 72.9 cm³/mol. The molecule has 0 amide bonds. The maximum Gasteiger partial charge on any atom is 0.126 e. The van der Waals surface area contributed by atoms with Gasteiger partial charge in [0.05, 0.1) is 0 Å². The van der Waals surface area contributed by atoms with E-state index in [1.165, 1.54) is 11.1 Å². The van der Waals surface area contributed by atoms with Crippen molar-refractivity contribution < 1.29 is 0 Å². The molecule has 3 heteroatoms. The molecule has 0 saturated heterocycles. The van der Waals surface area contributed by atoms with Crippen molar-refractivity contribution in [3.63, 3.8) is 0 Å². The highest BCUT2D eigenvalue weighted by atomic mass is 32.2. The van der Waals surface area contributed by atoms with Crippen LogP contribution in [-0.4, -0.2) is 5.04 Å². The third-order valence-electron chi connectivity index (χ3n) is 2.64. The summed E-state index contributed by atoms with van der Waals surface area (Å²) in [4.78, 5) is 0. The van der Waals surface area contributed by atoms with E-state index in [1.807, 2.05) is 24.3 Å². The van der Waals surface area contributed by atoms with Gasteiger partial charge in [-0.1, -0.05) is 72.4 Å². The SMILES string of the molecule is c1ccc(C2=NN[C@@H](c3ccccc3)S2)cc1. The molecule has 0 unspecified atom stereocenters. The lowest BCUT2D eigenvalue weighted by Gasteiger charge is -2.08. The summed E-state index contributed by atoms with van der Waals surface area (Å²) < 4.78 is 0. The summed E-state index contributed by atoms with van der Waals surface area (Å²) in [5, 5.41) is 5.68. The Labute approximate surface area is 105 Å². The molecule has 2 nitrogen and oxygen atoms in total. The molecular formula is C14H12N2S. The van der Waals surface area contributed by atoms with Crippen molar-refractivity contribution in [3.8, 4) is 0 Å². The molecule has 1 atom stereocenters. The summed E-state index contributed by atoms with van der Waals surface area (Å²) >= 11 is 1.76. The van der Waals surface area contributed by atoms with Crippen LogP contribution < -0.4 is 5.43 Å². The highest BCUT2D eigenvalue weighted by Gasteiger charge is 2.21. The molecule has 0 aliphatic carbocycles. The van der Waals surface area contributed by atoms with Crippen LogP contribution in [0.5, 0.6) is 0 Å². The van der Waals surface area contributed by atoms with E-state index in [0.717, 1.165) is 5.04 Å². The van der Waals surface area contributed by atoms with Gasteiger partial charge in [0.15, 0.2) is 0 Å². The zero-order valence-corrected chi connectivity index (χ0v) is 10.0. The molecule has 17 heavy (non-hydrogen) atoms. The zero-order valence-electron chi connectivity index (χ0n) is 9.21. The second kappa shape index (κ2) is 4.63. The van der Waals surface area contributed by atoms with Gasteiger partial charge in [-0.25, -0.2) is 0 Å². The second-order valence-corrected chi connectivity index (χ2v) is 4.91. The molecule has 1 heterocycles. The van der Waals surface area contributed by atoms with Crippen LogP contribution in [0.25, 0.3) is 0 Å². The molecule has 0 saturated carbocycles. The summed E-state index contributed by atoms with van der Waals surface area (Å²) in [7, 11) is 0. The van der Waals surface area contributed by atoms with Gasteiger partial charge in [-0.2, -0.15) is 5.10 Å². The molecule has 0 fully saturated rings. The van der Waals surface area contributed by atoms with E-state index in [0.29, 0.717) is 0 Å². The van der Waals surface area contributed by atoms with Crippen LogP contribution in [-0.2, 0) is 0 Å². The zero-order chi connectivity index (χ0) is 11.5. The fraction of sp³-hybridized carbons (Fsp3) is 0.0714. The molecule has 84 valence electrons. The topological polar surface area (TPSA) is 24.4 Å². The second-order valence-electron chi connectivity index (χ2n) is 3.82. The van der Waals surface area contributed by atoms with E-state index in [2.05, 4.69) is 46.9 Å². The number of benzene rings is 2. The first-order valence-corrected chi connectivity index (χ1v) is 6.42. The van der Waals surface area contributed by atoms with E-state index in [9.17, 15) is 0 Å². The summed E-state index contributed by atoms with van der Waals surface area (Å²) in [6.45, 7) is 0. The number of nitrogens with zero attached hydrogens (tertiary/aromatic N) is 1. The minimum Gasteiger partial charge on any atom is -0.291 e. The Morgan fingerprint density at radius 1 is 0.882 bits per heavy atom. The van der Waals surface area contributed by atoms with Crippen LogP contribution in [0.2, 0.25) is 0 Å². The van der Waals surface area contributed by atoms with Gasteiger partial charge in [0.25, 0.3) is 0 Å². The Morgan fingerprint density at radius 3 is 2.24 bits per heavy atom. The molecule has 2 aromatic carbocycles. The van der Waals surface area contributed by atoms with E-state index in [4.69, 9.17) is 0 Å². The van der Waals surface area contributed by atoms with Gasteiger partial charge in [-0.3, -0.25) is 5.43 Å². The van der Waals surface area contributed by atoms with Crippen molar-refractivity contribution in [2.75, 3.05) is 0 Å². The minimum atomic E-state index is 0.228. The fourth-order valence-electron chi connectivity index (χ4n) is 1.77. The third kappa shape index (κ3) is 2.19. The van der Waals surface area contributed by atoms with E-state index in [-0.39, 0.29) is 5.37 Å². The lowest BCUT2D eigenvalue weighted by Crippen LogP contribution is -2.05. The number of thioether (sulfide) groups is 1. The van der Waals surface area contributed by atoms with Crippen LogP contribution in [0.4, 0.5) is 0 Å². The average Bonchev–Trinajstić information content (AvgIpc) is 2.90. The number of hydrogen-bond donors (Lipinski definition) is 1. The standard InChI is InChI=1S/C14H12N2S/c1-3-7-11(8-4-1)13-15-16-14(17-13)12-9-5-2-6-10-12/h1-10,13,15H/t13-/m1/s1. The largest absolute Gasteiger partial charge is 0.291 e. The summed E-state index contributed by atoms with van der Waals surface area (Å²) in [5.41, 5.74) is 5.60. The van der Waals surface area contributed by atoms with Gasteiger partial charge in [0.2, 0.25) is 0 Å². The van der Waals surface area contributed by atoms with Gasteiger partial charge in [-0.15, -0.1) is 0 Å². The molecule has 1 N–H and O–H groups in total. The molecule has 0 aromatic heterocycles. The van der Waals surface area contributed by atoms with Crippen LogP contribution >= 0.6 is 11.8 Å². The Balaban J connectivity index is 1.78. The van der Waals surface area contributed by atoms with Gasteiger partial charge >= 0.3 is 0 Å². The number of nitrogens with one attached hydrogen (secondary N) is 1. The summed E-state index contributed by atoms with van der Waals surface area (Å²) in [6, 6.07) is 20.6. The number of hydrazone groups is 1. The Hall–Kier alpha value is -1.74. The molecule has 3 rings (SSSR count). The first-order chi connectivity index (χ1) is 8.43. The van der Waals surface area contributed by atoms with Crippen LogP contribution in [0.1, 0.15) is 16.5 Å².